The average molecular weight is 604 g/mol. The Bertz CT molecular complexity index is 1630. The Balaban J connectivity index is 1.79. The Morgan fingerprint density at radius 3 is 2.05 bits per heavy atom. The highest BCUT2D eigenvalue weighted by Gasteiger charge is 2.34. The molecule has 4 rings (SSSR count). The summed E-state index contributed by atoms with van der Waals surface area (Å²) in [6, 6.07) is 29.0. The van der Waals surface area contributed by atoms with Crippen LogP contribution in [0.3, 0.4) is 0 Å². The van der Waals surface area contributed by atoms with Gasteiger partial charge in [-0.05, 0) is 60.9 Å². The summed E-state index contributed by atoms with van der Waals surface area (Å²) in [7, 11) is -2.62. The van der Waals surface area contributed by atoms with Gasteiger partial charge in [-0.2, -0.15) is 0 Å². The zero-order chi connectivity index (χ0) is 30.3. The van der Waals surface area contributed by atoms with Crippen LogP contribution < -0.4 is 9.62 Å². The zero-order valence-corrected chi connectivity index (χ0v) is 25.4. The number of hydrogen-bond donors (Lipinski definition) is 1. The molecule has 218 valence electrons. The molecule has 0 aliphatic heterocycles. The average Bonchev–Trinajstić information content (AvgIpc) is 2.99. The van der Waals surface area contributed by atoms with E-state index in [0.717, 1.165) is 21.0 Å². The molecule has 9 heteroatoms. The first-order chi connectivity index (χ1) is 20.1. The van der Waals surface area contributed by atoms with E-state index in [1.807, 2.05) is 43.3 Å². The van der Waals surface area contributed by atoms with Crippen LogP contribution in [0.15, 0.2) is 108 Å². The van der Waals surface area contributed by atoms with E-state index in [1.54, 1.807) is 61.5 Å². The highest BCUT2D eigenvalue weighted by molar-refractivity contribution is 7.92. The van der Waals surface area contributed by atoms with E-state index in [4.69, 9.17) is 11.6 Å². The van der Waals surface area contributed by atoms with Gasteiger partial charge in [0.25, 0.3) is 10.0 Å². The van der Waals surface area contributed by atoms with Gasteiger partial charge in [-0.1, -0.05) is 90.0 Å². The first-order valence-electron chi connectivity index (χ1n) is 13.5. The Morgan fingerprint density at radius 1 is 0.810 bits per heavy atom. The number of nitrogens with zero attached hydrogens (tertiary/aromatic N) is 2. The zero-order valence-electron chi connectivity index (χ0n) is 23.8. The summed E-state index contributed by atoms with van der Waals surface area (Å²) >= 11 is 6.11. The highest BCUT2D eigenvalue weighted by Crippen LogP contribution is 2.28. The molecular weight excluding hydrogens is 570 g/mol. The number of sulfonamides is 1. The molecule has 0 spiro atoms. The second-order valence-electron chi connectivity index (χ2n) is 10.1. The molecule has 4 aromatic rings. The van der Waals surface area contributed by atoms with Gasteiger partial charge in [0, 0.05) is 25.0 Å². The van der Waals surface area contributed by atoms with Crippen LogP contribution in [0.2, 0.25) is 5.02 Å². The fourth-order valence-electron chi connectivity index (χ4n) is 4.70. The molecule has 1 N–H and O–H groups in total. The van der Waals surface area contributed by atoms with Crippen molar-refractivity contribution in [1.29, 1.82) is 0 Å². The smallest absolute Gasteiger partial charge is 0.264 e. The van der Waals surface area contributed by atoms with Crippen molar-refractivity contribution in [3.63, 3.8) is 0 Å². The summed E-state index contributed by atoms with van der Waals surface area (Å²) in [6.07, 6.45) is 0.245. The molecule has 7 nitrogen and oxygen atoms in total. The van der Waals surface area contributed by atoms with Gasteiger partial charge in [0.15, 0.2) is 0 Å². The van der Waals surface area contributed by atoms with Crippen LogP contribution in [0.5, 0.6) is 0 Å². The predicted octanol–water partition coefficient (Wildman–Crippen LogP) is 5.54. The second-order valence-corrected chi connectivity index (χ2v) is 12.4. The van der Waals surface area contributed by atoms with Crippen LogP contribution >= 0.6 is 11.6 Å². The summed E-state index contributed by atoms with van der Waals surface area (Å²) in [5, 5.41) is 3.23. The number of anilines is 1. The molecule has 1 atom stereocenters. The summed E-state index contributed by atoms with van der Waals surface area (Å²) < 4.78 is 29.3. The second kappa shape index (κ2) is 13.7. The van der Waals surface area contributed by atoms with E-state index in [-0.39, 0.29) is 23.8 Å². The Kier molecular flexibility index (Phi) is 10.0. The summed E-state index contributed by atoms with van der Waals surface area (Å²) in [4.78, 5) is 29.1. The first-order valence-corrected chi connectivity index (χ1v) is 15.4. The van der Waals surface area contributed by atoms with Gasteiger partial charge in [0.2, 0.25) is 11.8 Å². The van der Waals surface area contributed by atoms with Gasteiger partial charge in [-0.3, -0.25) is 13.9 Å². The Hall–Kier alpha value is -4.14. The van der Waals surface area contributed by atoms with Crippen molar-refractivity contribution in [3.8, 4) is 0 Å². The largest absolute Gasteiger partial charge is 0.357 e. The highest BCUT2D eigenvalue weighted by atomic mass is 35.5. The molecule has 0 bridgehead atoms. The van der Waals surface area contributed by atoms with Crippen LogP contribution in [0.4, 0.5) is 5.69 Å². The standard InChI is InChI=1S/C33H34ClN3O4S/c1-24-13-19-29(20-14-24)42(40,41)37(30-12-8-7-9-25(30)2)23-32(38)36(22-27-15-17-28(34)18-16-27)31(33(39)35-3)21-26-10-5-4-6-11-26/h4-20,31H,21-23H2,1-3H3,(H,35,39)/t31-/m0/s1. The van der Waals surface area contributed by atoms with Gasteiger partial charge in [0.1, 0.15) is 12.6 Å². The van der Waals surface area contributed by atoms with E-state index >= 15 is 0 Å². The number of para-hydroxylation sites is 1. The van der Waals surface area contributed by atoms with Gasteiger partial charge in [-0.15, -0.1) is 0 Å². The molecule has 0 saturated carbocycles. The maximum absolute atomic E-state index is 14.3. The van der Waals surface area contributed by atoms with Crippen LogP contribution in [0.1, 0.15) is 22.3 Å². The Labute approximate surface area is 252 Å². The maximum Gasteiger partial charge on any atom is 0.264 e. The lowest BCUT2D eigenvalue weighted by molar-refractivity contribution is -0.139. The predicted molar refractivity (Wildman–Crippen MR) is 167 cm³/mol. The monoisotopic (exact) mass is 603 g/mol. The molecular formula is C33H34ClN3O4S. The molecule has 0 aliphatic rings. The van der Waals surface area contributed by atoms with Crippen molar-refractivity contribution < 1.29 is 18.0 Å². The molecule has 42 heavy (non-hydrogen) atoms. The van der Waals surface area contributed by atoms with Crippen LogP contribution in [-0.4, -0.2) is 44.8 Å². The van der Waals surface area contributed by atoms with E-state index in [0.29, 0.717) is 16.3 Å². The Morgan fingerprint density at radius 2 is 1.43 bits per heavy atom. The number of carbonyl (C=O) groups excluding carboxylic acids is 2. The number of halogens is 1. The van der Waals surface area contributed by atoms with Crippen molar-refractivity contribution in [2.24, 2.45) is 0 Å². The maximum atomic E-state index is 14.3. The van der Waals surface area contributed by atoms with Crippen molar-refractivity contribution in [2.75, 3.05) is 17.9 Å². The lowest BCUT2D eigenvalue weighted by atomic mass is 10.0. The third kappa shape index (κ3) is 7.38. The fourth-order valence-corrected chi connectivity index (χ4v) is 6.31. The number of benzene rings is 4. The van der Waals surface area contributed by atoms with Crippen LogP contribution in [-0.2, 0) is 32.6 Å². The van der Waals surface area contributed by atoms with Crippen molar-refractivity contribution in [3.05, 3.63) is 130 Å². The van der Waals surface area contributed by atoms with Gasteiger partial charge in [0.05, 0.1) is 10.6 Å². The number of carbonyl (C=O) groups is 2. The number of likely N-dealkylation sites (N-methyl/N-ethyl adjacent to an activating group) is 1. The summed E-state index contributed by atoms with van der Waals surface area (Å²) in [5.41, 5.74) is 3.60. The quantitative estimate of drug-likeness (QED) is 0.244. The minimum absolute atomic E-state index is 0.0699. The fraction of sp³-hybridized carbons (Fsp3) is 0.212. The van der Waals surface area contributed by atoms with Gasteiger partial charge in [-0.25, -0.2) is 8.42 Å². The van der Waals surface area contributed by atoms with E-state index in [1.165, 1.54) is 24.1 Å². The minimum Gasteiger partial charge on any atom is -0.357 e. The molecule has 0 heterocycles. The molecule has 0 fully saturated rings. The van der Waals surface area contributed by atoms with Crippen molar-refractivity contribution in [1.82, 2.24) is 10.2 Å². The summed E-state index contributed by atoms with van der Waals surface area (Å²) in [5.74, 6) is -0.876. The number of nitrogens with one attached hydrogen (secondary N) is 1. The van der Waals surface area contributed by atoms with Crippen LogP contribution in [0, 0.1) is 13.8 Å². The third-order valence-electron chi connectivity index (χ3n) is 7.06. The number of aryl methyl sites for hydroxylation is 2. The van der Waals surface area contributed by atoms with Gasteiger partial charge < -0.3 is 10.2 Å². The number of rotatable bonds is 11. The normalized spacial score (nSPS) is 11.9. The molecule has 4 aromatic carbocycles. The molecule has 0 aliphatic carbocycles. The molecule has 0 unspecified atom stereocenters. The van der Waals surface area contributed by atoms with E-state index in [9.17, 15) is 18.0 Å². The SMILES string of the molecule is CNC(=O)[C@H](Cc1ccccc1)N(Cc1ccc(Cl)cc1)C(=O)CN(c1ccccc1C)S(=O)(=O)c1ccc(C)cc1. The molecule has 2 amide bonds. The molecule has 0 radical (unpaired) electrons. The van der Waals surface area contributed by atoms with Crippen molar-refractivity contribution in [2.45, 2.75) is 37.8 Å². The van der Waals surface area contributed by atoms with Crippen LogP contribution in [0.25, 0.3) is 0 Å². The van der Waals surface area contributed by atoms with E-state index in [2.05, 4.69) is 5.32 Å². The van der Waals surface area contributed by atoms with Gasteiger partial charge >= 0.3 is 0 Å². The number of hydrogen-bond acceptors (Lipinski definition) is 4. The lowest BCUT2D eigenvalue weighted by Gasteiger charge is -2.34. The summed E-state index contributed by atoms with van der Waals surface area (Å²) in [6.45, 7) is 3.25. The number of amides is 2. The topological polar surface area (TPSA) is 86.8 Å². The molecule has 0 aromatic heterocycles. The molecule has 0 saturated heterocycles. The van der Waals surface area contributed by atoms with Crippen molar-refractivity contribution >= 4 is 39.1 Å². The van der Waals surface area contributed by atoms with E-state index < -0.39 is 28.5 Å². The third-order valence-corrected chi connectivity index (χ3v) is 9.08. The first kappa shape index (κ1) is 30.8. The minimum atomic E-state index is -4.14. The lowest BCUT2D eigenvalue weighted by Crippen LogP contribution is -2.53.